The molecule has 2 N–H and O–H groups in total. The minimum atomic E-state index is -0.680. The van der Waals surface area contributed by atoms with Gasteiger partial charge in [-0.1, -0.05) is 0 Å². The highest BCUT2D eigenvalue weighted by Gasteiger charge is 2.22. The number of hydrogen-bond acceptors (Lipinski definition) is 4. The third-order valence-corrected chi connectivity index (χ3v) is 5.50. The Morgan fingerprint density at radius 3 is 2.12 bits per heavy atom. The molecule has 0 saturated carbocycles. The molecule has 1 heterocycles. The van der Waals surface area contributed by atoms with Crippen molar-refractivity contribution in [3.05, 3.63) is 58.8 Å². The fourth-order valence-corrected chi connectivity index (χ4v) is 3.88. The van der Waals surface area contributed by atoms with Crippen LogP contribution in [0.2, 0.25) is 0 Å². The Hall–Kier alpha value is -3.62. The van der Waals surface area contributed by atoms with Crippen LogP contribution in [0.5, 0.6) is 0 Å². The normalized spacial score (nSPS) is 11.0. The van der Waals surface area contributed by atoms with Crippen LogP contribution in [0.1, 0.15) is 20.8 Å². The molecule has 8 nitrogen and oxygen atoms in total. The monoisotopic (exact) mass is 441 g/mol. The number of hydrogen-bond donors (Lipinski definition) is 1. The molecule has 0 spiro atoms. The second-order valence-electron chi connectivity index (χ2n) is 7.38. The number of anilines is 2. The standard InChI is InChI=1S/C23H28FN5O3/c1-4-26(5-2)17-8-10-18(11-9-17)28(14-21(25)30)22(31)15-29-20-13-16(24)7-12-19(20)27(6-3)23(29)32/h7-13H,4-6,14-15H2,1-3H3,(H2,25,30). The van der Waals surface area contributed by atoms with Gasteiger partial charge in [0.05, 0.1) is 11.0 Å². The lowest BCUT2D eigenvalue weighted by atomic mass is 10.2. The van der Waals surface area contributed by atoms with Gasteiger partial charge in [-0.05, 0) is 63.2 Å². The van der Waals surface area contributed by atoms with Gasteiger partial charge < -0.3 is 15.5 Å². The van der Waals surface area contributed by atoms with Gasteiger partial charge in [0.1, 0.15) is 18.9 Å². The predicted octanol–water partition coefficient (Wildman–Crippen LogP) is 2.33. The van der Waals surface area contributed by atoms with E-state index in [-0.39, 0.29) is 13.1 Å². The van der Waals surface area contributed by atoms with Crippen molar-refractivity contribution in [2.75, 3.05) is 29.4 Å². The number of benzene rings is 2. The fraction of sp³-hybridized carbons (Fsp3) is 0.348. The SMILES string of the molecule is CCN(CC)c1ccc(N(CC(N)=O)C(=O)Cn2c(=O)n(CC)c3ccc(F)cc32)cc1. The Morgan fingerprint density at radius 2 is 1.56 bits per heavy atom. The van der Waals surface area contributed by atoms with Gasteiger partial charge in [0.15, 0.2) is 0 Å². The number of nitrogens with zero attached hydrogens (tertiary/aromatic N) is 4. The molecular weight excluding hydrogens is 413 g/mol. The van der Waals surface area contributed by atoms with Crippen molar-refractivity contribution in [1.82, 2.24) is 9.13 Å². The van der Waals surface area contributed by atoms with Gasteiger partial charge in [0.2, 0.25) is 11.8 Å². The van der Waals surface area contributed by atoms with Crippen LogP contribution in [0.3, 0.4) is 0 Å². The molecule has 0 bridgehead atoms. The molecule has 2 amide bonds. The third-order valence-electron chi connectivity index (χ3n) is 5.50. The minimum Gasteiger partial charge on any atom is -0.372 e. The molecule has 0 fully saturated rings. The molecule has 170 valence electrons. The Bertz CT molecular complexity index is 1180. The van der Waals surface area contributed by atoms with Crippen molar-refractivity contribution in [2.45, 2.75) is 33.9 Å². The number of amides is 2. The summed E-state index contributed by atoms with van der Waals surface area (Å²) in [4.78, 5) is 41.1. The highest BCUT2D eigenvalue weighted by molar-refractivity contribution is 5.99. The molecule has 0 radical (unpaired) electrons. The first-order valence-electron chi connectivity index (χ1n) is 10.6. The van der Waals surface area contributed by atoms with Crippen LogP contribution in [0.4, 0.5) is 15.8 Å². The number of imidazole rings is 1. The average molecular weight is 442 g/mol. The third kappa shape index (κ3) is 4.51. The Morgan fingerprint density at radius 1 is 0.938 bits per heavy atom. The van der Waals surface area contributed by atoms with Crippen LogP contribution in [-0.4, -0.2) is 40.6 Å². The van der Waals surface area contributed by atoms with Crippen LogP contribution >= 0.6 is 0 Å². The number of fused-ring (bicyclic) bond motifs is 1. The zero-order chi connectivity index (χ0) is 23.4. The molecule has 0 unspecified atom stereocenters. The zero-order valence-electron chi connectivity index (χ0n) is 18.5. The molecule has 1 aromatic heterocycles. The number of aryl methyl sites for hydroxylation is 1. The average Bonchev–Trinajstić information content (AvgIpc) is 3.03. The number of nitrogens with two attached hydrogens (primary N) is 1. The Balaban J connectivity index is 1.98. The van der Waals surface area contributed by atoms with E-state index in [1.807, 2.05) is 26.0 Å². The fourth-order valence-electron chi connectivity index (χ4n) is 3.88. The van der Waals surface area contributed by atoms with Gasteiger partial charge in [0.25, 0.3) is 0 Å². The molecule has 0 aliphatic carbocycles. The maximum Gasteiger partial charge on any atom is 0.329 e. The first kappa shape index (κ1) is 23.1. The zero-order valence-corrected chi connectivity index (χ0v) is 18.5. The number of aromatic nitrogens is 2. The Labute approximate surface area is 185 Å². The van der Waals surface area contributed by atoms with Gasteiger partial charge in [-0.25, -0.2) is 9.18 Å². The molecule has 32 heavy (non-hydrogen) atoms. The van der Waals surface area contributed by atoms with E-state index in [0.29, 0.717) is 23.3 Å². The molecule has 2 aromatic carbocycles. The van der Waals surface area contributed by atoms with Crippen molar-refractivity contribution < 1.29 is 14.0 Å². The van der Waals surface area contributed by atoms with Crippen molar-refractivity contribution in [3.63, 3.8) is 0 Å². The lowest BCUT2D eigenvalue weighted by Gasteiger charge is -2.24. The molecular formula is C23H28FN5O3. The molecule has 0 aliphatic rings. The maximum absolute atomic E-state index is 13.9. The number of halogens is 1. The van der Waals surface area contributed by atoms with Gasteiger partial charge in [-0.3, -0.25) is 18.7 Å². The van der Waals surface area contributed by atoms with Crippen LogP contribution in [-0.2, 0) is 22.7 Å². The smallest absolute Gasteiger partial charge is 0.329 e. The van der Waals surface area contributed by atoms with Gasteiger partial charge in [0, 0.05) is 31.0 Å². The molecule has 0 atom stereocenters. The van der Waals surface area contributed by atoms with Gasteiger partial charge in [-0.15, -0.1) is 0 Å². The van der Waals surface area contributed by atoms with E-state index < -0.39 is 23.3 Å². The maximum atomic E-state index is 13.9. The van der Waals surface area contributed by atoms with E-state index in [0.717, 1.165) is 18.8 Å². The highest BCUT2D eigenvalue weighted by Crippen LogP contribution is 2.22. The van der Waals surface area contributed by atoms with E-state index >= 15 is 0 Å². The summed E-state index contributed by atoms with van der Waals surface area (Å²) in [6.45, 7) is 7.26. The predicted molar refractivity (Wildman–Crippen MR) is 123 cm³/mol. The quantitative estimate of drug-likeness (QED) is 0.552. The van der Waals surface area contributed by atoms with E-state index in [1.165, 1.54) is 32.2 Å². The lowest BCUT2D eigenvalue weighted by molar-refractivity contribution is -0.122. The molecule has 0 aliphatic heterocycles. The van der Waals surface area contributed by atoms with Crippen molar-refractivity contribution in [1.29, 1.82) is 0 Å². The summed E-state index contributed by atoms with van der Waals surface area (Å²) < 4.78 is 16.6. The van der Waals surface area contributed by atoms with Crippen molar-refractivity contribution >= 4 is 34.2 Å². The van der Waals surface area contributed by atoms with Crippen LogP contribution < -0.4 is 21.2 Å². The van der Waals surface area contributed by atoms with Crippen LogP contribution in [0.15, 0.2) is 47.3 Å². The van der Waals surface area contributed by atoms with E-state index in [9.17, 15) is 18.8 Å². The number of primary amides is 1. The largest absolute Gasteiger partial charge is 0.372 e. The molecule has 9 heteroatoms. The molecule has 3 rings (SSSR count). The van der Waals surface area contributed by atoms with Gasteiger partial charge >= 0.3 is 5.69 Å². The summed E-state index contributed by atoms with van der Waals surface area (Å²) in [6.07, 6.45) is 0. The summed E-state index contributed by atoms with van der Waals surface area (Å²) in [6, 6.07) is 11.2. The van der Waals surface area contributed by atoms with Crippen molar-refractivity contribution in [3.8, 4) is 0 Å². The summed E-state index contributed by atoms with van der Waals surface area (Å²) in [7, 11) is 0. The molecule has 3 aromatic rings. The van der Waals surface area contributed by atoms with Crippen molar-refractivity contribution in [2.24, 2.45) is 5.73 Å². The summed E-state index contributed by atoms with van der Waals surface area (Å²) >= 11 is 0. The van der Waals surface area contributed by atoms with Gasteiger partial charge in [-0.2, -0.15) is 0 Å². The summed E-state index contributed by atoms with van der Waals surface area (Å²) in [5, 5.41) is 0. The van der Waals surface area contributed by atoms with Crippen LogP contribution in [0.25, 0.3) is 11.0 Å². The second-order valence-corrected chi connectivity index (χ2v) is 7.38. The minimum absolute atomic E-state index is 0.320. The lowest BCUT2D eigenvalue weighted by Crippen LogP contribution is -2.41. The highest BCUT2D eigenvalue weighted by atomic mass is 19.1. The first-order valence-corrected chi connectivity index (χ1v) is 10.6. The summed E-state index contributed by atoms with van der Waals surface area (Å²) in [5.41, 5.74) is 7.30. The van der Waals surface area contributed by atoms with E-state index in [1.54, 1.807) is 19.1 Å². The van der Waals surface area contributed by atoms with E-state index in [2.05, 4.69) is 4.90 Å². The van der Waals surface area contributed by atoms with E-state index in [4.69, 9.17) is 5.73 Å². The number of carbonyl (C=O) groups excluding carboxylic acids is 2. The number of carbonyl (C=O) groups is 2. The van der Waals surface area contributed by atoms with Crippen LogP contribution in [0, 0.1) is 5.82 Å². The topological polar surface area (TPSA) is 93.6 Å². The number of rotatable bonds is 9. The Kier molecular flexibility index (Phi) is 6.97. The summed E-state index contributed by atoms with van der Waals surface area (Å²) in [5.74, 6) is -1.69. The molecule has 0 saturated heterocycles. The first-order chi connectivity index (χ1) is 15.3. The second kappa shape index (κ2) is 9.67.